The number of carbonyl (C=O) groups excluding carboxylic acids is 1. The molecule has 0 N–H and O–H groups in total. The Balaban J connectivity index is 2.03. The molecule has 4 heteroatoms. The Morgan fingerprint density at radius 3 is 2.81 bits per heavy atom. The summed E-state index contributed by atoms with van der Waals surface area (Å²) in [6.45, 7) is 3.79. The lowest BCUT2D eigenvalue weighted by Crippen LogP contribution is -2.37. The van der Waals surface area contributed by atoms with Gasteiger partial charge in [-0.3, -0.25) is 4.79 Å². The number of rotatable bonds is 4. The zero-order valence-electron chi connectivity index (χ0n) is 9.41. The summed E-state index contributed by atoms with van der Waals surface area (Å²) in [5.41, 5.74) is 0. The van der Waals surface area contributed by atoms with Crippen molar-refractivity contribution in [1.29, 1.82) is 0 Å². The predicted octanol–water partition coefficient (Wildman–Crippen LogP) is 3.77. The van der Waals surface area contributed by atoms with Crippen molar-refractivity contribution in [2.75, 3.05) is 13.1 Å². The average molecular weight is 302 g/mol. The van der Waals surface area contributed by atoms with Crippen molar-refractivity contribution in [3.63, 3.8) is 0 Å². The smallest absolute Gasteiger partial charge is 0.265 e. The molecule has 0 spiro atoms. The molecule has 0 aliphatic heterocycles. The van der Waals surface area contributed by atoms with E-state index in [0.29, 0.717) is 0 Å². The quantitative estimate of drug-likeness (QED) is 0.829. The van der Waals surface area contributed by atoms with Crippen LogP contribution in [-0.4, -0.2) is 23.9 Å². The van der Waals surface area contributed by atoms with E-state index in [1.807, 2.05) is 16.3 Å². The van der Waals surface area contributed by atoms with E-state index in [-0.39, 0.29) is 5.91 Å². The van der Waals surface area contributed by atoms with Crippen LogP contribution in [0.5, 0.6) is 0 Å². The Morgan fingerprint density at radius 2 is 2.38 bits per heavy atom. The summed E-state index contributed by atoms with van der Waals surface area (Å²) in [6, 6.07) is 1.94. The molecular formula is C12H16BrNOS. The van der Waals surface area contributed by atoms with E-state index in [1.54, 1.807) is 0 Å². The Bertz CT molecular complexity index is 373. The molecule has 0 radical (unpaired) electrons. The molecule has 2 nitrogen and oxygen atoms in total. The predicted molar refractivity (Wildman–Crippen MR) is 70.9 cm³/mol. The first-order chi connectivity index (χ1) is 7.72. The molecule has 2 rings (SSSR count). The molecule has 1 heterocycles. The van der Waals surface area contributed by atoms with Gasteiger partial charge in [-0.25, -0.2) is 0 Å². The van der Waals surface area contributed by atoms with Gasteiger partial charge in [-0.1, -0.05) is 6.42 Å². The van der Waals surface area contributed by atoms with Gasteiger partial charge < -0.3 is 4.90 Å². The fraction of sp³-hybridized carbons (Fsp3) is 0.583. The number of carbonyl (C=O) groups is 1. The number of nitrogens with zero attached hydrogens (tertiary/aromatic N) is 1. The summed E-state index contributed by atoms with van der Waals surface area (Å²) < 4.78 is 0.926. The van der Waals surface area contributed by atoms with Crippen LogP contribution in [-0.2, 0) is 0 Å². The summed E-state index contributed by atoms with van der Waals surface area (Å²) in [4.78, 5) is 15.0. The number of hydrogen-bond acceptors (Lipinski definition) is 2. The molecule has 1 fully saturated rings. The van der Waals surface area contributed by atoms with Gasteiger partial charge in [0.15, 0.2) is 0 Å². The monoisotopic (exact) mass is 301 g/mol. The van der Waals surface area contributed by atoms with E-state index in [0.717, 1.165) is 28.4 Å². The molecule has 0 saturated heterocycles. The molecule has 1 aliphatic rings. The maximum atomic E-state index is 12.2. The Morgan fingerprint density at radius 1 is 1.62 bits per heavy atom. The Hall–Kier alpha value is -0.350. The third-order valence-corrected chi connectivity index (χ3v) is 5.01. The minimum atomic E-state index is 0.177. The van der Waals surface area contributed by atoms with E-state index < -0.39 is 0 Å². The van der Waals surface area contributed by atoms with E-state index in [9.17, 15) is 4.79 Å². The van der Waals surface area contributed by atoms with Gasteiger partial charge >= 0.3 is 0 Å². The highest BCUT2D eigenvalue weighted by Crippen LogP contribution is 2.29. The van der Waals surface area contributed by atoms with Crippen LogP contribution >= 0.6 is 27.3 Å². The van der Waals surface area contributed by atoms with Crippen molar-refractivity contribution in [3.05, 3.63) is 20.8 Å². The van der Waals surface area contributed by atoms with Crippen molar-refractivity contribution in [3.8, 4) is 0 Å². The highest BCUT2D eigenvalue weighted by Gasteiger charge is 2.24. The van der Waals surface area contributed by atoms with Crippen LogP contribution in [0.1, 0.15) is 35.9 Å². The van der Waals surface area contributed by atoms with Crippen molar-refractivity contribution >= 4 is 33.2 Å². The Labute approximate surface area is 109 Å². The highest BCUT2D eigenvalue weighted by atomic mass is 79.9. The van der Waals surface area contributed by atoms with Gasteiger partial charge in [0.05, 0.1) is 0 Å². The third-order valence-electron chi connectivity index (χ3n) is 3.18. The molecule has 1 amide bonds. The molecule has 0 unspecified atom stereocenters. The number of hydrogen-bond donors (Lipinski definition) is 0. The summed E-state index contributed by atoms with van der Waals surface area (Å²) in [6.07, 6.45) is 3.91. The first kappa shape index (κ1) is 12.1. The molecule has 1 aromatic rings. The van der Waals surface area contributed by atoms with Crippen LogP contribution in [0.2, 0.25) is 0 Å². The largest absolute Gasteiger partial charge is 0.338 e. The van der Waals surface area contributed by atoms with E-state index in [2.05, 4.69) is 22.9 Å². The van der Waals surface area contributed by atoms with Crippen LogP contribution in [0, 0.1) is 5.92 Å². The SMILES string of the molecule is CCN(CC1CCC1)C(=O)c1sccc1Br. The van der Waals surface area contributed by atoms with Crippen LogP contribution in [0.15, 0.2) is 15.9 Å². The number of halogens is 1. The van der Waals surface area contributed by atoms with Gasteiger partial charge in [-0.2, -0.15) is 0 Å². The summed E-state index contributed by atoms with van der Waals surface area (Å²) >= 11 is 4.94. The zero-order chi connectivity index (χ0) is 11.5. The summed E-state index contributed by atoms with van der Waals surface area (Å²) in [5.74, 6) is 0.916. The summed E-state index contributed by atoms with van der Waals surface area (Å²) in [7, 11) is 0. The second-order valence-electron chi connectivity index (χ2n) is 4.24. The van der Waals surface area contributed by atoms with Gasteiger partial charge in [-0.15, -0.1) is 11.3 Å². The van der Waals surface area contributed by atoms with Crippen LogP contribution in [0.3, 0.4) is 0 Å². The standard InChI is InChI=1S/C12H16BrNOS/c1-2-14(8-9-4-3-5-9)12(15)11-10(13)6-7-16-11/h6-7,9H,2-5,8H2,1H3. The highest BCUT2D eigenvalue weighted by molar-refractivity contribution is 9.10. The lowest BCUT2D eigenvalue weighted by molar-refractivity contribution is 0.0710. The maximum absolute atomic E-state index is 12.2. The summed E-state index contributed by atoms with van der Waals surface area (Å²) in [5, 5.41) is 1.95. The Kier molecular flexibility index (Phi) is 4.03. The van der Waals surface area contributed by atoms with Gasteiger partial charge in [0, 0.05) is 17.6 Å². The van der Waals surface area contributed by atoms with Crippen molar-refractivity contribution in [2.24, 2.45) is 5.92 Å². The first-order valence-electron chi connectivity index (χ1n) is 5.74. The average Bonchev–Trinajstić information content (AvgIpc) is 2.62. The van der Waals surface area contributed by atoms with Gasteiger partial charge in [-0.05, 0) is 53.1 Å². The molecular weight excluding hydrogens is 286 g/mol. The van der Waals surface area contributed by atoms with E-state index >= 15 is 0 Å². The second kappa shape index (κ2) is 5.32. The van der Waals surface area contributed by atoms with Crippen molar-refractivity contribution in [1.82, 2.24) is 4.90 Å². The molecule has 0 aromatic carbocycles. The molecule has 1 aliphatic carbocycles. The fourth-order valence-corrected chi connectivity index (χ4v) is 3.44. The maximum Gasteiger partial charge on any atom is 0.265 e. The molecule has 0 atom stereocenters. The molecule has 88 valence electrons. The first-order valence-corrected chi connectivity index (χ1v) is 7.42. The van der Waals surface area contributed by atoms with Crippen LogP contribution in [0.4, 0.5) is 0 Å². The topological polar surface area (TPSA) is 20.3 Å². The molecule has 16 heavy (non-hydrogen) atoms. The van der Waals surface area contributed by atoms with Crippen molar-refractivity contribution in [2.45, 2.75) is 26.2 Å². The van der Waals surface area contributed by atoms with Gasteiger partial charge in [0.2, 0.25) is 0 Å². The second-order valence-corrected chi connectivity index (χ2v) is 6.01. The fourth-order valence-electron chi connectivity index (χ4n) is 1.93. The normalized spacial score (nSPS) is 15.9. The third kappa shape index (κ3) is 2.48. The lowest BCUT2D eigenvalue weighted by atomic mass is 9.85. The number of thiophene rings is 1. The van der Waals surface area contributed by atoms with Crippen LogP contribution < -0.4 is 0 Å². The minimum Gasteiger partial charge on any atom is -0.338 e. The number of amides is 1. The van der Waals surface area contributed by atoms with Gasteiger partial charge in [0.25, 0.3) is 5.91 Å². The van der Waals surface area contributed by atoms with Crippen LogP contribution in [0.25, 0.3) is 0 Å². The molecule has 1 saturated carbocycles. The molecule has 1 aromatic heterocycles. The minimum absolute atomic E-state index is 0.177. The van der Waals surface area contributed by atoms with Gasteiger partial charge in [0.1, 0.15) is 4.88 Å². The van der Waals surface area contributed by atoms with Crippen molar-refractivity contribution < 1.29 is 4.79 Å². The molecule has 0 bridgehead atoms. The van der Waals surface area contributed by atoms with E-state index in [1.165, 1.54) is 30.6 Å². The van der Waals surface area contributed by atoms with E-state index in [4.69, 9.17) is 0 Å². The zero-order valence-corrected chi connectivity index (χ0v) is 11.8. The lowest BCUT2D eigenvalue weighted by Gasteiger charge is -2.31.